The fourth-order valence-corrected chi connectivity index (χ4v) is 2.53. The van der Waals surface area contributed by atoms with Crippen LogP contribution < -0.4 is 5.32 Å². The molecular formula is C16H25ClN2O. The molecule has 0 aromatic heterocycles. The normalized spacial score (nSPS) is 17.6. The van der Waals surface area contributed by atoms with E-state index in [2.05, 4.69) is 36.5 Å². The second kappa shape index (κ2) is 8.28. The fraction of sp³-hybridized carbons (Fsp3) is 0.562. The first kappa shape index (κ1) is 17.0. The van der Waals surface area contributed by atoms with Gasteiger partial charge in [-0.2, -0.15) is 0 Å². The number of benzene rings is 1. The van der Waals surface area contributed by atoms with Crippen LogP contribution in [0.15, 0.2) is 24.3 Å². The summed E-state index contributed by atoms with van der Waals surface area (Å²) in [6.07, 6.45) is 2.87. The molecule has 0 radical (unpaired) electrons. The lowest BCUT2D eigenvalue weighted by atomic mass is 10.0. The summed E-state index contributed by atoms with van der Waals surface area (Å²) in [5.74, 6) is 0.783. The van der Waals surface area contributed by atoms with E-state index in [-0.39, 0.29) is 18.3 Å². The summed E-state index contributed by atoms with van der Waals surface area (Å²) < 4.78 is 0. The van der Waals surface area contributed by atoms with Crippen LogP contribution in [0.25, 0.3) is 0 Å². The quantitative estimate of drug-likeness (QED) is 0.906. The zero-order valence-electron chi connectivity index (χ0n) is 12.4. The number of rotatable bonds is 5. The summed E-state index contributed by atoms with van der Waals surface area (Å²) in [4.78, 5) is 14.0. The molecule has 1 aromatic carbocycles. The first-order valence-electron chi connectivity index (χ1n) is 7.21. The van der Waals surface area contributed by atoms with Gasteiger partial charge in [0.15, 0.2) is 0 Å². The molecule has 3 nitrogen and oxygen atoms in total. The first-order valence-corrected chi connectivity index (χ1v) is 7.21. The van der Waals surface area contributed by atoms with Gasteiger partial charge in [-0.05, 0) is 43.0 Å². The summed E-state index contributed by atoms with van der Waals surface area (Å²) in [7, 11) is 1.90. The number of nitrogens with one attached hydrogen (secondary N) is 1. The summed E-state index contributed by atoms with van der Waals surface area (Å²) in [6, 6.07) is 8.54. The predicted octanol–water partition coefficient (Wildman–Crippen LogP) is 2.63. The van der Waals surface area contributed by atoms with Crippen LogP contribution in [-0.2, 0) is 17.8 Å². The average Bonchev–Trinajstić information content (AvgIpc) is 2.92. The van der Waals surface area contributed by atoms with Gasteiger partial charge in [-0.3, -0.25) is 4.79 Å². The number of hydrogen-bond acceptors (Lipinski definition) is 2. The van der Waals surface area contributed by atoms with Gasteiger partial charge >= 0.3 is 0 Å². The number of carbonyl (C=O) groups is 1. The molecule has 2 rings (SSSR count). The van der Waals surface area contributed by atoms with Gasteiger partial charge in [0.1, 0.15) is 0 Å². The molecule has 112 valence electrons. The molecule has 0 saturated carbocycles. The van der Waals surface area contributed by atoms with E-state index in [4.69, 9.17) is 0 Å². The minimum atomic E-state index is 0. The van der Waals surface area contributed by atoms with Crippen molar-refractivity contribution in [2.24, 2.45) is 5.92 Å². The summed E-state index contributed by atoms with van der Waals surface area (Å²) >= 11 is 0. The van der Waals surface area contributed by atoms with E-state index in [1.54, 1.807) is 0 Å². The maximum atomic E-state index is 12.1. The maximum Gasteiger partial charge on any atom is 0.222 e. The third-order valence-electron chi connectivity index (χ3n) is 3.90. The molecule has 4 heteroatoms. The van der Waals surface area contributed by atoms with E-state index < -0.39 is 0 Å². The highest BCUT2D eigenvalue weighted by Crippen LogP contribution is 2.15. The number of carbonyl (C=O) groups excluding carboxylic acids is 1. The van der Waals surface area contributed by atoms with E-state index in [9.17, 15) is 4.79 Å². The Hall–Kier alpha value is -1.06. The molecule has 1 unspecified atom stereocenters. The number of amides is 1. The van der Waals surface area contributed by atoms with Gasteiger partial charge in [-0.25, -0.2) is 0 Å². The number of halogens is 1. The van der Waals surface area contributed by atoms with Gasteiger partial charge in [0.25, 0.3) is 0 Å². The smallest absolute Gasteiger partial charge is 0.222 e. The molecule has 20 heavy (non-hydrogen) atoms. The van der Waals surface area contributed by atoms with Gasteiger partial charge in [-0.1, -0.05) is 31.2 Å². The molecule has 1 N–H and O–H groups in total. The standard InChI is InChI=1S/C16H24N2O.ClH/c1-3-13-4-6-14(7-5-13)12-18(2)16(19)10-15-8-9-17-11-15;/h4-7,15,17H,3,8-12H2,1-2H3;1H. The molecular weight excluding hydrogens is 272 g/mol. The number of hydrogen-bond donors (Lipinski definition) is 1. The Kier molecular flexibility index (Phi) is 7.03. The summed E-state index contributed by atoms with van der Waals surface area (Å²) in [5, 5.41) is 3.31. The van der Waals surface area contributed by atoms with Crippen molar-refractivity contribution in [1.82, 2.24) is 10.2 Å². The molecule has 1 heterocycles. The second-order valence-electron chi connectivity index (χ2n) is 5.48. The molecule has 1 atom stereocenters. The molecule has 1 fully saturated rings. The molecule has 1 aliphatic rings. The first-order chi connectivity index (χ1) is 9.19. The predicted molar refractivity (Wildman–Crippen MR) is 85.1 cm³/mol. The number of aryl methyl sites for hydroxylation is 1. The van der Waals surface area contributed by atoms with Gasteiger partial charge in [0, 0.05) is 20.0 Å². The Morgan fingerprint density at radius 2 is 1.95 bits per heavy atom. The van der Waals surface area contributed by atoms with Crippen molar-refractivity contribution in [1.29, 1.82) is 0 Å². The molecule has 1 aromatic rings. The molecule has 0 aliphatic carbocycles. The van der Waals surface area contributed by atoms with E-state index in [0.717, 1.165) is 25.9 Å². The van der Waals surface area contributed by atoms with Crippen LogP contribution in [0.3, 0.4) is 0 Å². The Labute approximate surface area is 128 Å². The van der Waals surface area contributed by atoms with Gasteiger partial charge in [0.05, 0.1) is 0 Å². The maximum absolute atomic E-state index is 12.1. The van der Waals surface area contributed by atoms with Crippen LogP contribution in [0.1, 0.15) is 30.9 Å². The molecule has 1 amide bonds. The van der Waals surface area contributed by atoms with Crippen molar-refractivity contribution >= 4 is 18.3 Å². The zero-order chi connectivity index (χ0) is 13.7. The van der Waals surface area contributed by atoms with Crippen LogP contribution in [0.4, 0.5) is 0 Å². The highest BCUT2D eigenvalue weighted by molar-refractivity contribution is 5.85. The monoisotopic (exact) mass is 296 g/mol. The third-order valence-corrected chi connectivity index (χ3v) is 3.90. The molecule has 0 bridgehead atoms. The van der Waals surface area contributed by atoms with E-state index in [1.807, 2.05) is 11.9 Å². The lowest BCUT2D eigenvalue weighted by Gasteiger charge is -2.19. The highest BCUT2D eigenvalue weighted by atomic mass is 35.5. The molecule has 1 aliphatic heterocycles. The van der Waals surface area contributed by atoms with Crippen LogP contribution in [-0.4, -0.2) is 30.9 Å². The average molecular weight is 297 g/mol. The largest absolute Gasteiger partial charge is 0.341 e. The van der Waals surface area contributed by atoms with Crippen molar-refractivity contribution in [3.63, 3.8) is 0 Å². The van der Waals surface area contributed by atoms with E-state index in [0.29, 0.717) is 18.9 Å². The Morgan fingerprint density at radius 1 is 1.30 bits per heavy atom. The topological polar surface area (TPSA) is 32.3 Å². The SMILES string of the molecule is CCc1ccc(CN(C)C(=O)CC2CCNC2)cc1.Cl. The van der Waals surface area contributed by atoms with Crippen molar-refractivity contribution in [2.75, 3.05) is 20.1 Å². The minimum Gasteiger partial charge on any atom is -0.341 e. The molecule has 1 saturated heterocycles. The van der Waals surface area contributed by atoms with Gasteiger partial charge in [0.2, 0.25) is 5.91 Å². The summed E-state index contributed by atoms with van der Waals surface area (Å²) in [6.45, 7) is 4.91. The Morgan fingerprint density at radius 3 is 2.50 bits per heavy atom. The van der Waals surface area contributed by atoms with Crippen LogP contribution in [0, 0.1) is 5.92 Å². The van der Waals surface area contributed by atoms with Crippen molar-refractivity contribution in [3.8, 4) is 0 Å². The summed E-state index contributed by atoms with van der Waals surface area (Å²) in [5.41, 5.74) is 2.55. The Balaban J connectivity index is 0.00000200. The minimum absolute atomic E-state index is 0. The third kappa shape index (κ3) is 4.80. The molecule has 0 spiro atoms. The number of nitrogens with zero attached hydrogens (tertiary/aromatic N) is 1. The highest BCUT2D eigenvalue weighted by Gasteiger charge is 2.20. The van der Waals surface area contributed by atoms with Crippen LogP contribution in [0.5, 0.6) is 0 Å². The van der Waals surface area contributed by atoms with Crippen molar-refractivity contribution < 1.29 is 4.79 Å². The van der Waals surface area contributed by atoms with Crippen LogP contribution >= 0.6 is 12.4 Å². The lowest BCUT2D eigenvalue weighted by Crippen LogP contribution is -2.28. The Bertz CT molecular complexity index is 413. The fourth-order valence-electron chi connectivity index (χ4n) is 2.53. The van der Waals surface area contributed by atoms with Crippen molar-refractivity contribution in [2.45, 2.75) is 32.7 Å². The zero-order valence-corrected chi connectivity index (χ0v) is 13.2. The van der Waals surface area contributed by atoms with Crippen LogP contribution in [0.2, 0.25) is 0 Å². The van der Waals surface area contributed by atoms with Crippen molar-refractivity contribution in [3.05, 3.63) is 35.4 Å². The van der Waals surface area contributed by atoms with E-state index >= 15 is 0 Å². The van der Waals surface area contributed by atoms with E-state index in [1.165, 1.54) is 11.1 Å². The van der Waals surface area contributed by atoms with Gasteiger partial charge < -0.3 is 10.2 Å². The van der Waals surface area contributed by atoms with Gasteiger partial charge in [-0.15, -0.1) is 12.4 Å². The lowest BCUT2D eigenvalue weighted by molar-refractivity contribution is -0.131. The second-order valence-corrected chi connectivity index (χ2v) is 5.48.